The quantitative estimate of drug-likeness (QED) is 0.0261. The highest BCUT2D eigenvalue weighted by Crippen LogP contribution is 2.23. The summed E-state index contributed by atoms with van der Waals surface area (Å²) < 4.78 is 11.2. The van der Waals surface area contributed by atoms with Gasteiger partial charge in [-0.05, 0) is 57.8 Å². The molecule has 1 saturated heterocycles. The van der Waals surface area contributed by atoms with Crippen LogP contribution in [0.15, 0.2) is 60.8 Å². The van der Waals surface area contributed by atoms with E-state index in [-0.39, 0.29) is 12.5 Å². The number of hydrogen-bond donors (Lipinski definition) is 6. The van der Waals surface area contributed by atoms with E-state index in [4.69, 9.17) is 9.47 Å². The molecule has 7 unspecified atom stereocenters. The Morgan fingerprint density at radius 3 is 1.31 bits per heavy atom. The maximum Gasteiger partial charge on any atom is 0.220 e. The van der Waals surface area contributed by atoms with E-state index >= 15 is 0 Å². The molecule has 1 aliphatic rings. The summed E-state index contributed by atoms with van der Waals surface area (Å²) >= 11 is 0. The zero-order chi connectivity index (χ0) is 50.8. The van der Waals surface area contributed by atoms with E-state index < -0.39 is 49.5 Å². The molecule has 6 N–H and O–H groups in total. The molecule has 9 nitrogen and oxygen atoms in total. The predicted octanol–water partition coefficient (Wildman–Crippen LogP) is 14.7. The fourth-order valence-electron chi connectivity index (χ4n) is 9.21. The zero-order valence-corrected chi connectivity index (χ0v) is 45.3. The number of hydrogen-bond acceptors (Lipinski definition) is 8. The van der Waals surface area contributed by atoms with Crippen molar-refractivity contribution < 1.29 is 39.8 Å². The molecule has 0 aromatic heterocycles. The lowest BCUT2D eigenvalue weighted by molar-refractivity contribution is -0.302. The molecule has 1 aliphatic heterocycles. The number of rotatable bonds is 50. The minimum Gasteiger partial charge on any atom is -0.394 e. The van der Waals surface area contributed by atoms with Crippen LogP contribution in [0.4, 0.5) is 0 Å². The van der Waals surface area contributed by atoms with Gasteiger partial charge >= 0.3 is 0 Å². The Balaban J connectivity index is 2.17. The van der Waals surface area contributed by atoms with Crippen LogP contribution in [0.1, 0.15) is 264 Å². The number of carbonyl (C=O) groups excluding carboxylic acids is 1. The van der Waals surface area contributed by atoms with Gasteiger partial charge in [-0.25, -0.2) is 0 Å². The molecular weight excluding hydrogens is 875 g/mol. The lowest BCUT2D eigenvalue weighted by Gasteiger charge is -2.40. The van der Waals surface area contributed by atoms with Crippen LogP contribution in [0.5, 0.6) is 0 Å². The molecule has 0 saturated carbocycles. The van der Waals surface area contributed by atoms with E-state index in [0.717, 1.165) is 57.8 Å². The summed E-state index contributed by atoms with van der Waals surface area (Å²) in [5.74, 6) is -0.217. The molecule has 0 aromatic carbocycles. The van der Waals surface area contributed by atoms with Gasteiger partial charge in [-0.1, -0.05) is 261 Å². The van der Waals surface area contributed by atoms with E-state index in [2.05, 4.69) is 67.8 Å². The van der Waals surface area contributed by atoms with E-state index in [1.54, 1.807) is 6.08 Å². The summed E-state index contributed by atoms with van der Waals surface area (Å²) in [6, 6.07) is -0.830. The summed E-state index contributed by atoms with van der Waals surface area (Å²) in [7, 11) is 0. The number of ether oxygens (including phenoxy) is 2. The molecule has 0 aliphatic carbocycles. The molecular formula is C61H111NO8. The van der Waals surface area contributed by atoms with Crippen LogP contribution in [-0.4, -0.2) is 87.5 Å². The van der Waals surface area contributed by atoms with Crippen LogP contribution >= 0.6 is 0 Å². The Kier molecular flexibility index (Phi) is 47.5. The molecule has 1 rings (SSSR count). The van der Waals surface area contributed by atoms with Crippen LogP contribution < -0.4 is 5.32 Å². The van der Waals surface area contributed by atoms with Crippen molar-refractivity contribution in [3.8, 4) is 0 Å². The van der Waals surface area contributed by atoms with Gasteiger partial charge in [-0.3, -0.25) is 4.79 Å². The van der Waals surface area contributed by atoms with Crippen molar-refractivity contribution in [1.29, 1.82) is 0 Å². The lowest BCUT2D eigenvalue weighted by Crippen LogP contribution is -2.60. The average molecular weight is 987 g/mol. The Morgan fingerprint density at radius 2 is 0.886 bits per heavy atom. The third kappa shape index (κ3) is 39.4. The van der Waals surface area contributed by atoms with Crippen molar-refractivity contribution in [2.24, 2.45) is 0 Å². The summed E-state index contributed by atoms with van der Waals surface area (Å²) in [4.78, 5) is 13.0. The monoisotopic (exact) mass is 986 g/mol. The summed E-state index contributed by atoms with van der Waals surface area (Å²) in [5.41, 5.74) is 0. The second-order valence-corrected chi connectivity index (χ2v) is 20.4. The molecule has 1 heterocycles. The highest BCUT2D eigenvalue weighted by atomic mass is 16.7. The fourth-order valence-corrected chi connectivity index (χ4v) is 9.21. The number of amides is 1. The van der Waals surface area contributed by atoms with Crippen molar-refractivity contribution in [3.05, 3.63) is 60.8 Å². The van der Waals surface area contributed by atoms with Gasteiger partial charge in [0.2, 0.25) is 5.91 Å². The van der Waals surface area contributed by atoms with Gasteiger partial charge in [-0.15, -0.1) is 0 Å². The van der Waals surface area contributed by atoms with E-state index in [0.29, 0.717) is 12.8 Å². The molecule has 0 aromatic rings. The molecule has 7 atom stereocenters. The smallest absolute Gasteiger partial charge is 0.220 e. The molecule has 0 radical (unpaired) electrons. The second-order valence-electron chi connectivity index (χ2n) is 20.4. The van der Waals surface area contributed by atoms with Gasteiger partial charge in [-0.2, -0.15) is 0 Å². The Hall–Kier alpha value is -2.11. The molecule has 70 heavy (non-hydrogen) atoms. The minimum absolute atomic E-state index is 0.207. The van der Waals surface area contributed by atoms with Crippen LogP contribution in [0, 0.1) is 0 Å². The van der Waals surface area contributed by atoms with Crippen LogP contribution in [0.25, 0.3) is 0 Å². The Morgan fingerprint density at radius 1 is 0.500 bits per heavy atom. The summed E-state index contributed by atoms with van der Waals surface area (Å²) in [6.07, 6.45) is 61.7. The molecule has 0 spiro atoms. The first-order valence-electron chi connectivity index (χ1n) is 29.5. The third-order valence-electron chi connectivity index (χ3n) is 13.8. The molecule has 1 amide bonds. The fraction of sp³-hybridized carbons (Fsp3) is 0.820. The van der Waals surface area contributed by atoms with Crippen LogP contribution in [0.3, 0.4) is 0 Å². The van der Waals surface area contributed by atoms with Gasteiger partial charge < -0.3 is 40.3 Å². The highest BCUT2D eigenvalue weighted by molar-refractivity contribution is 5.76. The van der Waals surface area contributed by atoms with Crippen molar-refractivity contribution >= 4 is 5.91 Å². The van der Waals surface area contributed by atoms with Crippen LogP contribution in [0.2, 0.25) is 0 Å². The number of aliphatic hydroxyl groups excluding tert-OH is 5. The first-order valence-corrected chi connectivity index (χ1v) is 29.5. The topological polar surface area (TPSA) is 149 Å². The first kappa shape index (κ1) is 65.9. The zero-order valence-electron chi connectivity index (χ0n) is 45.3. The van der Waals surface area contributed by atoms with Gasteiger partial charge in [0.25, 0.3) is 0 Å². The summed E-state index contributed by atoms with van der Waals surface area (Å²) in [5, 5.41) is 54.4. The van der Waals surface area contributed by atoms with E-state index in [9.17, 15) is 30.3 Å². The minimum atomic E-state index is -1.58. The van der Waals surface area contributed by atoms with Crippen molar-refractivity contribution in [1.82, 2.24) is 5.32 Å². The van der Waals surface area contributed by atoms with Gasteiger partial charge in [0.15, 0.2) is 6.29 Å². The Bertz CT molecular complexity index is 1280. The molecule has 1 fully saturated rings. The number of unbranched alkanes of at least 4 members (excludes halogenated alkanes) is 32. The van der Waals surface area contributed by atoms with Crippen molar-refractivity contribution in [2.75, 3.05) is 13.2 Å². The molecule has 0 bridgehead atoms. The average Bonchev–Trinajstić information content (AvgIpc) is 3.36. The highest BCUT2D eigenvalue weighted by Gasteiger charge is 2.44. The number of allylic oxidation sites excluding steroid dienone is 9. The SMILES string of the molecule is CC/C=C\C/C=C\C/C=C\C/C=C\CCCCC(=O)NC(COC1OC(CO)C(O)C(O)C1O)C(O)/C=C/CCCCCCCCCCCCCCCCCCCCCCCCCCCCCCCC. The van der Waals surface area contributed by atoms with Crippen LogP contribution in [-0.2, 0) is 14.3 Å². The summed E-state index contributed by atoms with van der Waals surface area (Å²) in [6.45, 7) is 3.65. The van der Waals surface area contributed by atoms with Crippen molar-refractivity contribution in [2.45, 2.75) is 307 Å². The first-order chi connectivity index (χ1) is 34.3. The number of carbonyl (C=O) groups is 1. The van der Waals surface area contributed by atoms with Gasteiger partial charge in [0.1, 0.15) is 24.4 Å². The number of aliphatic hydroxyl groups is 5. The Labute approximate surface area is 430 Å². The second kappa shape index (κ2) is 50.4. The van der Waals surface area contributed by atoms with Gasteiger partial charge in [0.05, 0.1) is 25.4 Å². The lowest BCUT2D eigenvalue weighted by atomic mass is 9.99. The molecule has 9 heteroatoms. The maximum atomic E-state index is 13.0. The predicted molar refractivity (Wildman–Crippen MR) is 295 cm³/mol. The maximum absolute atomic E-state index is 13.0. The standard InChI is InChI=1S/C61H111NO8/c1-3-5-7-9-11-13-15-17-19-20-21-22-23-24-25-26-27-28-29-30-31-32-33-34-35-37-38-40-42-44-46-48-50-55(64)54(53-69-61-60(68)59(67)58(66)56(52-63)70-61)62-57(65)51-49-47-45-43-41-39-36-18-16-14-12-10-8-6-4-2/h6,8,12,14,18,36,41,43,48,50,54-56,58-61,63-64,66-68H,3-5,7,9-11,13,15-17,19-35,37-40,42,44-47,49,51-53H2,1-2H3,(H,62,65)/b8-6-,14-12-,36-18-,43-41-,50-48+. The van der Waals surface area contributed by atoms with Gasteiger partial charge in [0, 0.05) is 6.42 Å². The normalized spacial score (nSPS) is 19.8. The van der Waals surface area contributed by atoms with Crippen molar-refractivity contribution in [3.63, 3.8) is 0 Å². The number of nitrogens with one attached hydrogen (secondary N) is 1. The largest absolute Gasteiger partial charge is 0.394 e. The molecule has 408 valence electrons. The van der Waals surface area contributed by atoms with E-state index in [1.807, 2.05) is 6.08 Å². The van der Waals surface area contributed by atoms with E-state index in [1.165, 1.54) is 180 Å². The third-order valence-corrected chi connectivity index (χ3v) is 13.8.